The van der Waals surface area contributed by atoms with Gasteiger partial charge in [0.2, 0.25) is 0 Å². The lowest BCUT2D eigenvalue weighted by Gasteiger charge is -2.42. The van der Waals surface area contributed by atoms with Crippen LogP contribution in [0.15, 0.2) is 0 Å². The minimum Gasteiger partial charge on any atom is -0.376 e. The van der Waals surface area contributed by atoms with Gasteiger partial charge in [0.1, 0.15) is 17.5 Å². The Hall–Kier alpha value is -1.58. The zero-order valence-electron chi connectivity index (χ0n) is 11.0. The van der Waals surface area contributed by atoms with Crippen molar-refractivity contribution in [2.24, 2.45) is 12.8 Å². The van der Waals surface area contributed by atoms with Crippen molar-refractivity contribution in [1.82, 2.24) is 9.78 Å². The fourth-order valence-electron chi connectivity index (χ4n) is 2.34. The van der Waals surface area contributed by atoms with Crippen molar-refractivity contribution in [3.8, 4) is 6.07 Å². The number of aromatic nitrogens is 2. The Labute approximate surface area is 107 Å². The zero-order chi connectivity index (χ0) is 13.3. The molecule has 1 aromatic heterocycles. The molecule has 1 saturated carbocycles. The highest BCUT2D eigenvalue weighted by Crippen LogP contribution is 2.28. The van der Waals surface area contributed by atoms with Gasteiger partial charge in [-0.05, 0) is 20.3 Å². The van der Waals surface area contributed by atoms with Gasteiger partial charge in [0.05, 0.1) is 17.8 Å². The molecule has 98 valence electrons. The molecule has 0 radical (unpaired) electrons. The Balaban J connectivity index is 2.16. The molecule has 0 aromatic carbocycles. The molecule has 6 heteroatoms. The minimum atomic E-state index is 0.0480. The molecule has 0 amide bonds. The van der Waals surface area contributed by atoms with Gasteiger partial charge in [0, 0.05) is 19.7 Å². The number of rotatable bonds is 4. The van der Waals surface area contributed by atoms with E-state index in [1.54, 1.807) is 4.68 Å². The predicted molar refractivity (Wildman–Crippen MR) is 68.1 cm³/mol. The zero-order valence-corrected chi connectivity index (χ0v) is 11.0. The molecule has 2 rings (SSSR count). The van der Waals surface area contributed by atoms with Crippen LogP contribution in [0.3, 0.4) is 0 Å². The number of aryl methyl sites for hydroxylation is 2. The minimum absolute atomic E-state index is 0.0480. The summed E-state index contributed by atoms with van der Waals surface area (Å²) < 4.78 is 7.28. The van der Waals surface area contributed by atoms with Crippen molar-refractivity contribution in [2.75, 3.05) is 11.9 Å². The van der Waals surface area contributed by atoms with E-state index in [-0.39, 0.29) is 18.2 Å². The van der Waals surface area contributed by atoms with Crippen LogP contribution in [0.4, 0.5) is 5.82 Å². The molecule has 18 heavy (non-hydrogen) atoms. The molecule has 0 aliphatic heterocycles. The van der Waals surface area contributed by atoms with E-state index in [1.807, 2.05) is 20.9 Å². The fourth-order valence-corrected chi connectivity index (χ4v) is 2.34. The van der Waals surface area contributed by atoms with E-state index in [4.69, 9.17) is 15.7 Å². The summed E-state index contributed by atoms with van der Waals surface area (Å²) in [5.74, 6) is 0.722. The summed E-state index contributed by atoms with van der Waals surface area (Å²) in [5.41, 5.74) is 7.29. The Bertz CT molecular complexity index is 474. The molecular formula is C12H19N5O. The number of hydrogen-bond donors (Lipinski definition) is 2. The van der Waals surface area contributed by atoms with Crippen molar-refractivity contribution in [3.05, 3.63) is 11.3 Å². The Morgan fingerprint density at radius 2 is 2.39 bits per heavy atom. The first kappa shape index (κ1) is 12.9. The standard InChI is InChI=1S/C12H19N5O/c1-4-18-10-5-9(14)11(10)15-12-8(6-13)7(2)16-17(12)3/h9-11,15H,4-5,14H2,1-3H3. The number of anilines is 1. The van der Waals surface area contributed by atoms with E-state index in [2.05, 4.69) is 16.5 Å². The fraction of sp³-hybridized carbons (Fsp3) is 0.667. The van der Waals surface area contributed by atoms with E-state index < -0.39 is 0 Å². The average molecular weight is 249 g/mol. The van der Waals surface area contributed by atoms with Gasteiger partial charge in [-0.1, -0.05) is 0 Å². The summed E-state index contributed by atoms with van der Waals surface area (Å²) in [4.78, 5) is 0. The SMILES string of the molecule is CCOC1CC(N)C1Nc1c(C#N)c(C)nn1C. The van der Waals surface area contributed by atoms with Crippen LogP contribution in [0.5, 0.6) is 0 Å². The highest BCUT2D eigenvalue weighted by atomic mass is 16.5. The Morgan fingerprint density at radius 3 is 2.94 bits per heavy atom. The maximum absolute atomic E-state index is 9.15. The molecular weight excluding hydrogens is 230 g/mol. The third kappa shape index (κ3) is 2.07. The van der Waals surface area contributed by atoms with Crippen LogP contribution in [0.1, 0.15) is 24.6 Å². The lowest BCUT2D eigenvalue weighted by atomic mass is 9.83. The average Bonchev–Trinajstić information content (AvgIpc) is 2.60. The van der Waals surface area contributed by atoms with Crippen molar-refractivity contribution in [1.29, 1.82) is 5.26 Å². The van der Waals surface area contributed by atoms with E-state index in [9.17, 15) is 0 Å². The van der Waals surface area contributed by atoms with Crippen molar-refractivity contribution in [2.45, 2.75) is 38.5 Å². The van der Waals surface area contributed by atoms with Crippen molar-refractivity contribution in [3.63, 3.8) is 0 Å². The van der Waals surface area contributed by atoms with Gasteiger partial charge in [-0.3, -0.25) is 4.68 Å². The Morgan fingerprint density at radius 1 is 1.67 bits per heavy atom. The monoisotopic (exact) mass is 249 g/mol. The molecule has 1 heterocycles. The van der Waals surface area contributed by atoms with Gasteiger partial charge in [0.15, 0.2) is 0 Å². The van der Waals surface area contributed by atoms with Crippen molar-refractivity contribution >= 4 is 5.82 Å². The van der Waals surface area contributed by atoms with Gasteiger partial charge < -0.3 is 15.8 Å². The summed E-state index contributed by atoms with van der Waals surface area (Å²) in [6.45, 7) is 4.46. The molecule has 0 bridgehead atoms. The molecule has 3 atom stereocenters. The van der Waals surface area contributed by atoms with Crippen LogP contribution in [0, 0.1) is 18.3 Å². The molecule has 1 aliphatic rings. The first-order chi connectivity index (χ1) is 8.58. The maximum Gasteiger partial charge on any atom is 0.142 e. The molecule has 0 spiro atoms. The Kier molecular flexibility index (Phi) is 3.55. The number of nitrogens with zero attached hydrogens (tertiary/aromatic N) is 3. The summed E-state index contributed by atoms with van der Waals surface area (Å²) >= 11 is 0. The number of hydrogen-bond acceptors (Lipinski definition) is 5. The van der Waals surface area contributed by atoms with Gasteiger partial charge in [-0.25, -0.2) is 0 Å². The lowest BCUT2D eigenvalue weighted by Crippen LogP contribution is -2.60. The highest BCUT2D eigenvalue weighted by Gasteiger charge is 2.40. The number of nitriles is 1. The number of ether oxygens (including phenoxy) is 1. The molecule has 1 fully saturated rings. The quantitative estimate of drug-likeness (QED) is 0.812. The number of nitrogens with two attached hydrogens (primary N) is 1. The van der Waals surface area contributed by atoms with E-state index >= 15 is 0 Å². The summed E-state index contributed by atoms with van der Waals surface area (Å²) in [6, 6.07) is 2.28. The van der Waals surface area contributed by atoms with Crippen LogP contribution in [0.2, 0.25) is 0 Å². The molecule has 1 aliphatic carbocycles. The van der Waals surface area contributed by atoms with E-state index in [0.29, 0.717) is 12.2 Å². The van der Waals surface area contributed by atoms with Crippen LogP contribution in [0.25, 0.3) is 0 Å². The van der Waals surface area contributed by atoms with Crippen LogP contribution < -0.4 is 11.1 Å². The molecule has 0 saturated heterocycles. The smallest absolute Gasteiger partial charge is 0.142 e. The van der Waals surface area contributed by atoms with Gasteiger partial charge in [-0.2, -0.15) is 10.4 Å². The first-order valence-corrected chi connectivity index (χ1v) is 6.15. The van der Waals surface area contributed by atoms with E-state index in [0.717, 1.165) is 17.9 Å². The normalized spacial score (nSPS) is 26.5. The summed E-state index contributed by atoms with van der Waals surface area (Å²) in [5, 5.41) is 16.7. The predicted octanol–water partition coefficient (Wildman–Crippen LogP) is 0.517. The second-order valence-electron chi connectivity index (χ2n) is 4.61. The van der Waals surface area contributed by atoms with E-state index in [1.165, 1.54) is 0 Å². The van der Waals surface area contributed by atoms with Gasteiger partial charge in [-0.15, -0.1) is 0 Å². The third-order valence-electron chi connectivity index (χ3n) is 3.38. The van der Waals surface area contributed by atoms with Gasteiger partial charge in [0.25, 0.3) is 0 Å². The third-order valence-corrected chi connectivity index (χ3v) is 3.38. The molecule has 3 N–H and O–H groups in total. The largest absolute Gasteiger partial charge is 0.376 e. The molecule has 6 nitrogen and oxygen atoms in total. The lowest BCUT2D eigenvalue weighted by molar-refractivity contribution is -0.0128. The topological polar surface area (TPSA) is 88.9 Å². The highest BCUT2D eigenvalue weighted by molar-refractivity contribution is 5.56. The molecule has 1 aromatic rings. The van der Waals surface area contributed by atoms with Crippen molar-refractivity contribution < 1.29 is 4.74 Å². The number of nitrogens with one attached hydrogen (secondary N) is 1. The van der Waals surface area contributed by atoms with Crippen LogP contribution >= 0.6 is 0 Å². The van der Waals surface area contributed by atoms with Crippen LogP contribution in [-0.4, -0.2) is 34.6 Å². The van der Waals surface area contributed by atoms with Crippen LogP contribution in [-0.2, 0) is 11.8 Å². The maximum atomic E-state index is 9.15. The van der Waals surface area contributed by atoms with Gasteiger partial charge >= 0.3 is 0 Å². The second kappa shape index (κ2) is 4.96. The summed E-state index contributed by atoms with van der Waals surface area (Å²) in [7, 11) is 1.82. The second-order valence-corrected chi connectivity index (χ2v) is 4.61. The first-order valence-electron chi connectivity index (χ1n) is 6.15. The summed E-state index contributed by atoms with van der Waals surface area (Å²) in [6.07, 6.45) is 0.969. The molecule has 3 unspecified atom stereocenters.